The Hall–Kier alpha value is -2.56. The standard InChI is InChI=1S/C20H23NO4/c22-19(12-9-15-7-10-16(11-8-15)20(23)24)21-13-3-1-2-5-17(21)18-6-4-14-25-18/h4,6-8,10-11,14,17H,1-3,5,9,12-13H2,(H,23,24). The number of carbonyl (C=O) groups is 2. The van der Waals surface area contributed by atoms with E-state index in [1.165, 1.54) is 0 Å². The average molecular weight is 341 g/mol. The second kappa shape index (κ2) is 8.01. The summed E-state index contributed by atoms with van der Waals surface area (Å²) in [6.45, 7) is 0.766. The van der Waals surface area contributed by atoms with Crippen molar-refractivity contribution in [3.05, 3.63) is 59.5 Å². The summed E-state index contributed by atoms with van der Waals surface area (Å²) in [5.41, 5.74) is 1.24. The predicted molar refractivity (Wildman–Crippen MR) is 93.4 cm³/mol. The molecule has 3 rings (SSSR count). The fraction of sp³-hybridized carbons (Fsp3) is 0.400. The first-order chi connectivity index (χ1) is 12.1. The van der Waals surface area contributed by atoms with E-state index in [2.05, 4.69) is 0 Å². The zero-order valence-corrected chi connectivity index (χ0v) is 14.2. The number of hydrogen-bond acceptors (Lipinski definition) is 3. The highest BCUT2D eigenvalue weighted by atomic mass is 16.4. The van der Waals surface area contributed by atoms with Crippen LogP contribution in [0.5, 0.6) is 0 Å². The van der Waals surface area contributed by atoms with Crippen molar-refractivity contribution in [1.82, 2.24) is 4.90 Å². The van der Waals surface area contributed by atoms with Crippen LogP contribution in [0.3, 0.4) is 0 Å². The summed E-state index contributed by atoms with van der Waals surface area (Å²) in [5.74, 6) is 0.0557. The molecule has 1 aromatic heterocycles. The van der Waals surface area contributed by atoms with Crippen molar-refractivity contribution in [3.63, 3.8) is 0 Å². The minimum atomic E-state index is -0.937. The van der Waals surface area contributed by atoms with Crippen molar-refractivity contribution in [2.75, 3.05) is 6.54 Å². The van der Waals surface area contributed by atoms with Crippen LogP contribution in [0.15, 0.2) is 47.1 Å². The van der Waals surface area contributed by atoms with E-state index in [1.54, 1.807) is 30.5 Å². The Balaban J connectivity index is 1.64. The lowest BCUT2D eigenvalue weighted by Crippen LogP contribution is -2.34. The molecule has 1 fully saturated rings. The Morgan fingerprint density at radius 2 is 1.92 bits per heavy atom. The number of hydrogen-bond donors (Lipinski definition) is 1. The summed E-state index contributed by atoms with van der Waals surface area (Å²) in [4.78, 5) is 25.6. The largest absolute Gasteiger partial charge is 0.478 e. The molecule has 5 heteroatoms. The minimum Gasteiger partial charge on any atom is -0.478 e. The molecule has 2 heterocycles. The number of furan rings is 1. The van der Waals surface area contributed by atoms with Crippen molar-refractivity contribution in [1.29, 1.82) is 0 Å². The summed E-state index contributed by atoms with van der Waals surface area (Å²) in [6, 6.07) is 10.6. The number of aryl methyl sites for hydroxylation is 1. The van der Waals surface area contributed by atoms with Gasteiger partial charge in [0, 0.05) is 13.0 Å². The quantitative estimate of drug-likeness (QED) is 0.890. The van der Waals surface area contributed by atoms with Crippen LogP contribution in [0.25, 0.3) is 0 Å². The van der Waals surface area contributed by atoms with E-state index in [4.69, 9.17) is 9.52 Å². The van der Waals surface area contributed by atoms with Gasteiger partial charge in [-0.05, 0) is 49.1 Å². The zero-order chi connectivity index (χ0) is 17.6. The van der Waals surface area contributed by atoms with Gasteiger partial charge in [-0.3, -0.25) is 4.79 Å². The number of carboxylic acid groups (broad SMARTS) is 1. The Kier molecular flexibility index (Phi) is 5.53. The molecule has 1 N–H and O–H groups in total. The Morgan fingerprint density at radius 3 is 2.60 bits per heavy atom. The van der Waals surface area contributed by atoms with E-state index >= 15 is 0 Å². The van der Waals surface area contributed by atoms with Crippen LogP contribution in [0.1, 0.15) is 59.8 Å². The molecule has 1 aliphatic heterocycles. The van der Waals surface area contributed by atoms with E-state index in [9.17, 15) is 9.59 Å². The molecule has 0 aliphatic carbocycles. The van der Waals surface area contributed by atoms with Crippen LogP contribution in [0.2, 0.25) is 0 Å². The molecule has 1 atom stereocenters. The molecule has 0 spiro atoms. The van der Waals surface area contributed by atoms with Crippen molar-refractivity contribution in [3.8, 4) is 0 Å². The molecule has 1 saturated heterocycles. The van der Waals surface area contributed by atoms with Crippen LogP contribution in [0.4, 0.5) is 0 Å². The lowest BCUT2D eigenvalue weighted by Gasteiger charge is -2.28. The van der Waals surface area contributed by atoms with Gasteiger partial charge in [0.1, 0.15) is 5.76 Å². The van der Waals surface area contributed by atoms with Crippen LogP contribution < -0.4 is 0 Å². The van der Waals surface area contributed by atoms with Crippen molar-refractivity contribution < 1.29 is 19.1 Å². The summed E-state index contributed by atoms with van der Waals surface area (Å²) in [5, 5.41) is 8.94. The molecule has 132 valence electrons. The molecule has 0 radical (unpaired) electrons. The van der Waals surface area contributed by atoms with Gasteiger partial charge in [-0.1, -0.05) is 25.0 Å². The van der Waals surface area contributed by atoms with E-state index in [-0.39, 0.29) is 17.5 Å². The number of rotatable bonds is 5. The molecule has 2 aromatic rings. The van der Waals surface area contributed by atoms with Crippen molar-refractivity contribution >= 4 is 11.9 Å². The van der Waals surface area contributed by atoms with Crippen LogP contribution in [-0.2, 0) is 11.2 Å². The maximum atomic E-state index is 12.8. The van der Waals surface area contributed by atoms with Gasteiger partial charge in [-0.15, -0.1) is 0 Å². The molecule has 0 saturated carbocycles. The number of amides is 1. The molecule has 1 aromatic carbocycles. The molecular weight excluding hydrogens is 318 g/mol. The number of aromatic carboxylic acids is 1. The normalized spacial score (nSPS) is 17.9. The fourth-order valence-electron chi connectivity index (χ4n) is 3.39. The number of carbonyl (C=O) groups excluding carboxylic acids is 1. The minimum absolute atomic E-state index is 0.0272. The summed E-state index contributed by atoms with van der Waals surface area (Å²) in [6.07, 6.45) is 6.89. The lowest BCUT2D eigenvalue weighted by atomic mass is 10.0. The van der Waals surface area contributed by atoms with Gasteiger partial charge in [0.05, 0.1) is 17.9 Å². The van der Waals surface area contributed by atoms with Crippen molar-refractivity contribution in [2.24, 2.45) is 0 Å². The number of benzene rings is 1. The second-order valence-electron chi connectivity index (χ2n) is 6.47. The zero-order valence-electron chi connectivity index (χ0n) is 14.2. The lowest BCUT2D eigenvalue weighted by molar-refractivity contribution is -0.134. The summed E-state index contributed by atoms with van der Waals surface area (Å²) in [7, 11) is 0. The first kappa shape index (κ1) is 17.3. The van der Waals surface area contributed by atoms with E-state index in [0.717, 1.165) is 43.6 Å². The van der Waals surface area contributed by atoms with Gasteiger partial charge in [-0.2, -0.15) is 0 Å². The first-order valence-electron chi connectivity index (χ1n) is 8.80. The third-order valence-electron chi connectivity index (χ3n) is 4.77. The van der Waals surface area contributed by atoms with Gasteiger partial charge in [0.25, 0.3) is 0 Å². The fourth-order valence-corrected chi connectivity index (χ4v) is 3.39. The molecule has 5 nitrogen and oxygen atoms in total. The third kappa shape index (κ3) is 4.29. The van der Waals surface area contributed by atoms with Crippen LogP contribution in [-0.4, -0.2) is 28.4 Å². The Labute approximate surface area is 147 Å². The maximum Gasteiger partial charge on any atom is 0.335 e. The maximum absolute atomic E-state index is 12.8. The molecule has 1 amide bonds. The van der Waals surface area contributed by atoms with E-state index in [1.807, 2.05) is 17.0 Å². The monoisotopic (exact) mass is 341 g/mol. The van der Waals surface area contributed by atoms with E-state index in [0.29, 0.717) is 12.8 Å². The number of carboxylic acids is 1. The summed E-state index contributed by atoms with van der Waals surface area (Å²) >= 11 is 0. The van der Waals surface area contributed by atoms with Gasteiger partial charge in [0.15, 0.2) is 0 Å². The highest BCUT2D eigenvalue weighted by Gasteiger charge is 2.28. The number of likely N-dealkylation sites (tertiary alicyclic amines) is 1. The van der Waals surface area contributed by atoms with Gasteiger partial charge in [0.2, 0.25) is 5.91 Å². The van der Waals surface area contributed by atoms with Gasteiger partial charge in [-0.25, -0.2) is 4.79 Å². The molecule has 1 aliphatic rings. The van der Waals surface area contributed by atoms with Crippen molar-refractivity contribution in [2.45, 2.75) is 44.6 Å². The molecule has 0 bridgehead atoms. The average Bonchev–Trinajstić information content (AvgIpc) is 3.04. The third-order valence-corrected chi connectivity index (χ3v) is 4.77. The van der Waals surface area contributed by atoms with Crippen LogP contribution >= 0.6 is 0 Å². The van der Waals surface area contributed by atoms with Crippen LogP contribution in [0, 0.1) is 0 Å². The second-order valence-corrected chi connectivity index (χ2v) is 6.47. The highest BCUT2D eigenvalue weighted by molar-refractivity contribution is 5.87. The van der Waals surface area contributed by atoms with E-state index < -0.39 is 5.97 Å². The summed E-state index contributed by atoms with van der Waals surface area (Å²) < 4.78 is 5.56. The van der Waals surface area contributed by atoms with Gasteiger partial charge < -0.3 is 14.4 Å². The predicted octanol–water partition coefficient (Wildman–Crippen LogP) is 4.05. The Bertz CT molecular complexity index is 706. The molecular formula is C20H23NO4. The highest BCUT2D eigenvalue weighted by Crippen LogP contribution is 2.31. The molecule has 25 heavy (non-hydrogen) atoms. The Morgan fingerprint density at radius 1 is 1.12 bits per heavy atom. The number of nitrogens with zero attached hydrogens (tertiary/aromatic N) is 1. The van der Waals surface area contributed by atoms with Gasteiger partial charge >= 0.3 is 5.97 Å². The smallest absolute Gasteiger partial charge is 0.335 e. The topological polar surface area (TPSA) is 70.8 Å². The molecule has 1 unspecified atom stereocenters. The SMILES string of the molecule is O=C(O)c1ccc(CCC(=O)N2CCCCCC2c2ccco2)cc1. The first-order valence-corrected chi connectivity index (χ1v) is 8.80.